The average Bonchev–Trinajstić information content (AvgIpc) is 2.38. The van der Waals surface area contributed by atoms with Gasteiger partial charge in [0.1, 0.15) is 0 Å². The van der Waals surface area contributed by atoms with Crippen LogP contribution in [0.15, 0.2) is 0 Å². The van der Waals surface area contributed by atoms with E-state index in [2.05, 4.69) is 5.32 Å². The first-order valence-electron chi connectivity index (χ1n) is 7.28. The van der Waals surface area contributed by atoms with E-state index in [1.165, 1.54) is 64.2 Å². The van der Waals surface area contributed by atoms with Crippen molar-refractivity contribution in [3.63, 3.8) is 0 Å². The van der Waals surface area contributed by atoms with Gasteiger partial charge in [0, 0.05) is 12.6 Å². The molecule has 2 aliphatic rings. The van der Waals surface area contributed by atoms with Crippen LogP contribution in [-0.4, -0.2) is 23.8 Å². The molecular formula is C14H27NO. The summed E-state index contributed by atoms with van der Waals surface area (Å²) >= 11 is 0. The zero-order valence-corrected chi connectivity index (χ0v) is 10.5. The fraction of sp³-hybridized carbons (Fsp3) is 1.00. The zero-order chi connectivity index (χ0) is 11.2. The smallest absolute Gasteiger partial charge is 0.0692 e. The lowest BCUT2D eigenvalue weighted by Crippen LogP contribution is -2.40. The predicted octanol–water partition coefficient (Wildman–Crippen LogP) is 2.85. The quantitative estimate of drug-likeness (QED) is 0.771. The normalized spacial score (nSPS) is 26.8. The van der Waals surface area contributed by atoms with Crippen molar-refractivity contribution >= 4 is 0 Å². The molecule has 0 amide bonds. The fourth-order valence-electron chi connectivity index (χ4n) is 3.28. The Labute approximate surface area is 99.8 Å². The first-order valence-corrected chi connectivity index (χ1v) is 7.28. The van der Waals surface area contributed by atoms with E-state index >= 15 is 0 Å². The van der Waals surface area contributed by atoms with Gasteiger partial charge in [-0.3, -0.25) is 0 Å². The number of aliphatic hydroxyl groups is 1. The van der Waals surface area contributed by atoms with Crippen LogP contribution in [0.5, 0.6) is 0 Å². The van der Waals surface area contributed by atoms with Crippen LogP contribution >= 0.6 is 0 Å². The fourth-order valence-corrected chi connectivity index (χ4v) is 3.28. The van der Waals surface area contributed by atoms with Gasteiger partial charge in [-0.2, -0.15) is 0 Å². The van der Waals surface area contributed by atoms with Crippen molar-refractivity contribution in [3.05, 3.63) is 0 Å². The molecule has 0 heterocycles. The zero-order valence-electron chi connectivity index (χ0n) is 10.5. The molecule has 1 atom stereocenters. The lowest BCUT2D eigenvalue weighted by Gasteiger charge is -2.29. The molecule has 0 bridgehead atoms. The maximum atomic E-state index is 10.1. The largest absolute Gasteiger partial charge is 0.392 e. The molecule has 0 aromatic rings. The second-order valence-corrected chi connectivity index (χ2v) is 5.71. The van der Waals surface area contributed by atoms with Crippen molar-refractivity contribution in [1.82, 2.24) is 5.32 Å². The molecule has 2 rings (SSSR count). The van der Waals surface area contributed by atoms with Crippen molar-refractivity contribution in [1.29, 1.82) is 0 Å². The summed E-state index contributed by atoms with van der Waals surface area (Å²) in [4.78, 5) is 0. The topological polar surface area (TPSA) is 32.3 Å². The summed E-state index contributed by atoms with van der Waals surface area (Å²) < 4.78 is 0. The van der Waals surface area contributed by atoms with Gasteiger partial charge in [-0.25, -0.2) is 0 Å². The molecule has 0 radical (unpaired) electrons. The molecule has 94 valence electrons. The summed E-state index contributed by atoms with van der Waals surface area (Å²) in [5.74, 6) is 0.574. The van der Waals surface area contributed by atoms with Crippen molar-refractivity contribution in [2.45, 2.75) is 76.4 Å². The molecule has 0 aromatic carbocycles. The molecule has 0 spiro atoms. The van der Waals surface area contributed by atoms with Gasteiger partial charge in [0.05, 0.1) is 6.10 Å². The van der Waals surface area contributed by atoms with Crippen LogP contribution in [0.25, 0.3) is 0 Å². The van der Waals surface area contributed by atoms with Crippen molar-refractivity contribution in [2.24, 2.45) is 5.92 Å². The Bertz CT molecular complexity index is 183. The minimum absolute atomic E-state index is 0.0952. The van der Waals surface area contributed by atoms with E-state index in [0.29, 0.717) is 12.0 Å². The lowest BCUT2D eigenvalue weighted by molar-refractivity contribution is 0.0799. The molecule has 2 heteroatoms. The van der Waals surface area contributed by atoms with Crippen molar-refractivity contribution in [3.8, 4) is 0 Å². The molecule has 1 unspecified atom stereocenters. The third-order valence-electron chi connectivity index (χ3n) is 4.41. The summed E-state index contributed by atoms with van der Waals surface area (Å²) in [5.41, 5.74) is 0. The maximum Gasteiger partial charge on any atom is 0.0692 e. The van der Waals surface area contributed by atoms with E-state index < -0.39 is 0 Å². The van der Waals surface area contributed by atoms with E-state index in [1.807, 2.05) is 0 Å². The van der Waals surface area contributed by atoms with E-state index in [-0.39, 0.29) is 6.10 Å². The van der Waals surface area contributed by atoms with Crippen LogP contribution in [-0.2, 0) is 0 Å². The number of nitrogens with one attached hydrogen (secondary N) is 1. The first-order chi connectivity index (χ1) is 7.86. The average molecular weight is 225 g/mol. The highest BCUT2D eigenvalue weighted by Crippen LogP contribution is 2.26. The maximum absolute atomic E-state index is 10.1. The van der Waals surface area contributed by atoms with Gasteiger partial charge in [0.25, 0.3) is 0 Å². The van der Waals surface area contributed by atoms with Gasteiger partial charge in [0.15, 0.2) is 0 Å². The van der Waals surface area contributed by atoms with Crippen LogP contribution in [0.4, 0.5) is 0 Å². The van der Waals surface area contributed by atoms with Gasteiger partial charge in [0.2, 0.25) is 0 Å². The summed E-state index contributed by atoms with van der Waals surface area (Å²) in [6.45, 7) is 0.829. The molecule has 2 aliphatic carbocycles. The second kappa shape index (κ2) is 6.61. The molecule has 2 fully saturated rings. The number of aliphatic hydroxyl groups excluding tert-OH is 1. The Morgan fingerprint density at radius 2 is 1.44 bits per heavy atom. The Morgan fingerprint density at radius 3 is 2.06 bits per heavy atom. The van der Waals surface area contributed by atoms with Crippen LogP contribution in [0, 0.1) is 5.92 Å². The second-order valence-electron chi connectivity index (χ2n) is 5.71. The molecule has 0 saturated heterocycles. The lowest BCUT2D eigenvalue weighted by atomic mass is 9.85. The van der Waals surface area contributed by atoms with Crippen LogP contribution < -0.4 is 5.32 Å². The molecule has 0 aromatic heterocycles. The standard InChI is InChI=1S/C14H27NO/c16-14(12-7-3-1-4-8-12)11-15-13-9-5-2-6-10-13/h12-16H,1-11H2. The molecule has 2 saturated carbocycles. The highest BCUT2D eigenvalue weighted by atomic mass is 16.3. The third-order valence-corrected chi connectivity index (χ3v) is 4.41. The van der Waals surface area contributed by atoms with E-state index in [0.717, 1.165) is 6.54 Å². The van der Waals surface area contributed by atoms with Gasteiger partial charge in [-0.15, -0.1) is 0 Å². The van der Waals surface area contributed by atoms with E-state index in [1.54, 1.807) is 0 Å². The van der Waals surface area contributed by atoms with Crippen molar-refractivity contribution in [2.75, 3.05) is 6.54 Å². The van der Waals surface area contributed by atoms with Gasteiger partial charge in [-0.1, -0.05) is 38.5 Å². The molecule has 16 heavy (non-hydrogen) atoms. The monoisotopic (exact) mass is 225 g/mol. The molecule has 0 aliphatic heterocycles. The van der Waals surface area contributed by atoms with Gasteiger partial charge < -0.3 is 10.4 Å². The molecular weight excluding hydrogens is 198 g/mol. The van der Waals surface area contributed by atoms with Crippen LogP contribution in [0.1, 0.15) is 64.2 Å². The predicted molar refractivity (Wildman–Crippen MR) is 67.5 cm³/mol. The SMILES string of the molecule is OC(CNC1CCCCC1)C1CCCCC1. The molecule has 2 N–H and O–H groups in total. The van der Waals surface area contributed by atoms with Gasteiger partial charge in [-0.05, 0) is 31.6 Å². The highest BCUT2D eigenvalue weighted by Gasteiger charge is 2.22. The number of rotatable bonds is 4. The third kappa shape index (κ3) is 3.74. The molecule has 2 nitrogen and oxygen atoms in total. The van der Waals surface area contributed by atoms with E-state index in [9.17, 15) is 5.11 Å². The Hall–Kier alpha value is -0.0800. The highest BCUT2D eigenvalue weighted by molar-refractivity contribution is 4.78. The minimum Gasteiger partial charge on any atom is -0.392 e. The van der Waals surface area contributed by atoms with E-state index in [4.69, 9.17) is 0 Å². The van der Waals surface area contributed by atoms with Crippen molar-refractivity contribution < 1.29 is 5.11 Å². The summed E-state index contributed by atoms with van der Waals surface area (Å²) in [7, 11) is 0. The Morgan fingerprint density at radius 1 is 0.875 bits per heavy atom. The number of hydrogen-bond donors (Lipinski definition) is 2. The Balaban J connectivity index is 1.63. The summed E-state index contributed by atoms with van der Waals surface area (Å²) in [6.07, 6.45) is 13.2. The first kappa shape index (κ1) is 12.4. The Kier molecular flexibility index (Phi) is 5.11. The summed E-state index contributed by atoms with van der Waals surface area (Å²) in [5, 5.41) is 13.7. The van der Waals surface area contributed by atoms with Gasteiger partial charge >= 0.3 is 0 Å². The summed E-state index contributed by atoms with van der Waals surface area (Å²) in [6, 6.07) is 0.687. The van der Waals surface area contributed by atoms with Crippen LogP contribution in [0.3, 0.4) is 0 Å². The number of hydrogen-bond acceptors (Lipinski definition) is 2. The van der Waals surface area contributed by atoms with Crippen LogP contribution in [0.2, 0.25) is 0 Å². The minimum atomic E-state index is -0.0952.